The van der Waals surface area contributed by atoms with E-state index >= 15 is 4.39 Å². The van der Waals surface area contributed by atoms with Gasteiger partial charge in [0.05, 0.1) is 10.9 Å². The number of halogens is 5. The summed E-state index contributed by atoms with van der Waals surface area (Å²) < 4.78 is 68.8. The number of benzene rings is 1. The first-order valence-electron chi connectivity index (χ1n) is 9.83. The van der Waals surface area contributed by atoms with Gasteiger partial charge in [0.2, 0.25) is 5.43 Å². The average Bonchev–Trinajstić information content (AvgIpc) is 3.53. The molecule has 1 saturated heterocycles. The third-order valence-corrected chi connectivity index (χ3v) is 6.03. The summed E-state index contributed by atoms with van der Waals surface area (Å²) in [4.78, 5) is 36.2. The first-order chi connectivity index (χ1) is 14.9. The lowest BCUT2D eigenvalue weighted by atomic mass is 9.88. The Hall–Kier alpha value is -3.18. The SMILES string of the molecule is C[C@@H]1[C@@H](CNC(=O)C(F)(F)F)CN1c1c(F)cc2c(=O)c(C(=O)O)cn(C3CC3)c2c1F. The van der Waals surface area contributed by atoms with E-state index in [0.717, 1.165) is 12.3 Å². The lowest BCUT2D eigenvalue weighted by Gasteiger charge is -2.48. The summed E-state index contributed by atoms with van der Waals surface area (Å²) in [5, 5.41) is 10.6. The lowest BCUT2D eigenvalue weighted by molar-refractivity contribution is -0.173. The molecule has 2 aliphatic rings. The molecular formula is C20H18F5N3O4. The highest BCUT2D eigenvalue weighted by Crippen LogP contribution is 2.41. The molecule has 1 aliphatic heterocycles. The highest BCUT2D eigenvalue weighted by Gasteiger charge is 2.43. The number of nitrogens with one attached hydrogen (secondary N) is 1. The summed E-state index contributed by atoms with van der Waals surface area (Å²) >= 11 is 0. The quantitative estimate of drug-likeness (QED) is 0.672. The van der Waals surface area contributed by atoms with Crippen molar-refractivity contribution in [3.05, 3.63) is 39.7 Å². The number of carbonyl (C=O) groups excluding carboxylic acids is 1. The molecule has 2 atom stereocenters. The fourth-order valence-electron chi connectivity index (χ4n) is 4.03. The van der Waals surface area contributed by atoms with E-state index < -0.39 is 63.7 Å². The number of carbonyl (C=O) groups is 2. The maximum Gasteiger partial charge on any atom is 0.471 e. The second-order valence-electron chi connectivity index (χ2n) is 8.09. The first-order valence-corrected chi connectivity index (χ1v) is 9.83. The third-order valence-electron chi connectivity index (χ3n) is 6.03. The molecule has 12 heteroatoms. The van der Waals surface area contributed by atoms with E-state index in [0.29, 0.717) is 12.8 Å². The maximum atomic E-state index is 15.5. The highest BCUT2D eigenvalue weighted by atomic mass is 19.4. The van der Waals surface area contributed by atoms with Crippen LogP contribution in [0.15, 0.2) is 17.1 Å². The molecule has 2 fully saturated rings. The Kier molecular flexibility index (Phi) is 5.13. The number of aromatic nitrogens is 1. The lowest BCUT2D eigenvalue weighted by Crippen LogP contribution is -2.59. The van der Waals surface area contributed by atoms with Crippen molar-refractivity contribution >= 4 is 28.5 Å². The van der Waals surface area contributed by atoms with Gasteiger partial charge >= 0.3 is 18.1 Å². The van der Waals surface area contributed by atoms with Crippen LogP contribution in [-0.2, 0) is 4.79 Å². The normalized spacial score (nSPS) is 20.9. The molecule has 1 aromatic carbocycles. The number of carboxylic acid groups (broad SMARTS) is 1. The molecule has 1 aliphatic carbocycles. The largest absolute Gasteiger partial charge is 0.477 e. The van der Waals surface area contributed by atoms with E-state index in [4.69, 9.17) is 0 Å². The highest BCUT2D eigenvalue weighted by molar-refractivity contribution is 5.94. The molecule has 7 nitrogen and oxygen atoms in total. The number of rotatable bonds is 5. The Bertz CT molecular complexity index is 1190. The van der Waals surface area contributed by atoms with Crippen LogP contribution in [0.25, 0.3) is 10.9 Å². The van der Waals surface area contributed by atoms with Crippen LogP contribution < -0.4 is 15.6 Å². The molecule has 172 valence electrons. The van der Waals surface area contributed by atoms with Crippen molar-refractivity contribution < 1.29 is 36.6 Å². The summed E-state index contributed by atoms with van der Waals surface area (Å²) in [6.45, 7) is 1.22. The van der Waals surface area contributed by atoms with Crippen molar-refractivity contribution in [1.82, 2.24) is 9.88 Å². The minimum Gasteiger partial charge on any atom is -0.477 e. The van der Waals surface area contributed by atoms with Gasteiger partial charge in [-0.05, 0) is 25.8 Å². The van der Waals surface area contributed by atoms with Gasteiger partial charge in [-0.15, -0.1) is 0 Å². The van der Waals surface area contributed by atoms with Gasteiger partial charge in [-0.25, -0.2) is 13.6 Å². The smallest absolute Gasteiger partial charge is 0.471 e. The van der Waals surface area contributed by atoms with Gasteiger partial charge < -0.3 is 19.9 Å². The molecule has 1 aromatic heterocycles. The Balaban J connectivity index is 1.69. The second kappa shape index (κ2) is 7.45. The second-order valence-corrected chi connectivity index (χ2v) is 8.09. The number of anilines is 1. The molecule has 2 N–H and O–H groups in total. The summed E-state index contributed by atoms with van der Waals surface area (Å²) in [5.74, 6) is -6.19. The number of nitrogens with zero attached hydrogens (tertiary/aromatic N) is 2. The standard InChI is InChI=1S/C20H18F5N3O4/c1-8-9(5-26-19(32)20(23,24)25)6-27(8)16-13(21)4-11-15(14(16)22)28(10-2-3-10)7-12(17(11)29)18(30)31/h4,7-10H,2-3,5-6H2,1H3,(H,26,32)(H,30,31)/t8-,9+/m1/s1. The van der Waals surface area contributed by atoms with Crippen molar-refractivity contribution in [3.8, 4) is 0 Å². The Morgan fingerprint density at radius 2 is 1.91 bits per heavy atom. The van der Waals surface area contributed by atoms with Crippen LogP contribution in [0.1, 0.15) is 36.2 Å². The Labute approximate surface area is 177 Å². The van der Waals surface area contributed by atoms with Crippen LogP contribution in [0.3, 0.4) is 0 Å². The number of carboxylic acids is 1. The summed E-state index contributed by atoms with van der Waals surface area (Å²) in [6, 6.07) is -0.0140. The van der Waals surface area contributed by atoms with E-state index in [1.54, 1.807) is 12.2 Å². The maximum absolute atomic E-state index is 15.5. The molecule has 1 amide bonds. The van der Waals surface area contributed by atoms with Gasteiger partial charge in [0.25, 0.3) is 0 Å². The molecule has 0 bridgehead atoms. The summed E-state index contributed by atoms with van der Waals surface area (Å²) in [7, 11) is 0. The topological polar surface area (TPSA) is 91.6 Å². The number of aromatic carboxylic acids is 1. The van der Waals surface area contributed by atoms with Crippen molar-refractivity contribution in [2.24, 2.45) is 5.92 Å². The number of alkyl halides is 3. The van der Waals surface area contributed by atoms with E-state index in [9.17, 15) is 37.1 Å². The minimum absolute atomic E-state index is 0.0144. The van der Waals surface area contributed by atoms with Crippen LogP contribution in [0.5, 0.6) is 0 Å². The van der Waals surface area contributed by atoms with E-state index in [1.807, 2.05) is 0 Å². The third kappa shape index (κ3) is 3.56. The van der Waals surface area contributed by atoms with Crippen LogP contribution in [0.2, 0.25) is 0 Å². The van der Waals surface area contributed by atoms with Crippen molar-refractivity contribution in [2.45, 2.75) is 38.0 Å². The molecule has 0 spiro atoms. The predicted molar refractivity (Wildman–Crippen MR) is 103 cm³/mol. The van der Waals surface area contributed by atoms with Gasteiger partial charge in [-0.3, -0.25) is 9.59 Å². The van der Waals surface area contributed by atoms with E-state index in [2.05, 4.69) is 0 Å². The van der Waals surface area contributed by atoms with Gasteiger partial charge in [-0.1, -0.05) is 0 Å². The minimum atomic E-state index is -5.02. The molecular weight excluding hydrogens is 441 g/mol. The molecule has 1 saturated carbocycles. The molecule has 0 radical (unpaired) electrons. The summed E-state index contributed by atoms with van der Waals surface area (Å²) in [6.07, 6.45) is -2.68. The fraction of sp³-hybridized carbons (Fsp3) is 0.450. The van der Waals surface area contributed by atoms with Gasteiger partial charge in [0, 0.05) is 37.3 Å². The Morgan fingerprint density at radius 3 is 2.44 bits per heavy atom. The number of amides is 1. The zero-order chi connectivity index (χ0) is 23.5. The number of hydrogen-bond donors (Lipinski definition) is 2. The zero-order valence-corrected chi connectivity index (χ0v) is 16.7. The molecule has 32 heavy (non-hydrogen) atoms. The van der Waals surface area contributed by atoms with Crippen molar-refractivity contribution in [3.63, 3.8) is 0 Å². The fourth-order valence-corrected chi connectivity index (χ4v) is 4.03. The van der Waals surface area contributed by atoms with Gasteiger partial charge in [-0.2, -0.15) is 13.2 Å². The van der Waals surface area contributed by atoms with Crippen LogP contribution >= 0.6 is 0 Å². The monoisotopic (exact) mass is 459 g/mol. The van der Waals surface area contributed by atoms with Crippen LogP contribution in [-0.4, -0.2) is 46.9 Å². The number of pyridine rings is 1. The summed E-state index contributed by atoms with van der Waals surface area (Å²) in [5.41, 5.74) is -2.24. The molecule has 2 aromatic rings. The Morgan fingerprint density at radius 1 is 1.25 bits per heavy atom. The van der Waals surface area contributed by atoms with E-state index in [-0.39, 0.29) is 24.6 Å². The predicted octanol–water partition coefficient (Wildman–Crippen LogP) is 2.82. The first kappa shape index (κ1) is 22.0. The number of fused-ring (bicyclic) bond motifs is 1. The molecule has 0 unspecified atom stereocenters. The van der Waals surface area contributed by atoms with Crippen molar-refractivity contribution in [1.29, 1.82) is 0 Å². The van der Waals surface area contributed by atoms with Crippen LogP contribution in [0.4, 0.5) is 27.6 Å². The van der Waals surface area contributed by atoms with E-state index in [1.165, 1.54) is 9.47 Å². The van der Waals surface area contributed by atoms with Gasteiger partial charge in [0.1, 0.15) is 17.1 Å². The van der Waals surface area contributed by atoms with Crippen molar-refractivity contribution in [2.75, 3.05) is 18.0 Å². The molecule has 4 rings (SSSR count). The molecule has 2 heterocycles. The average molecular weight is 459 g/mol. The van der Waals surface area contributed by atoms with Gasteiger partial charge in [0.15, 0.2) is 5.82 Å². The van der Waals surface area contributed by atoms with Crippen LogP contribution in [0, 0.1) is 17.6 Å². The zero-order valence-electron chi connectivity index (χ0n) is 16.7. The number of hydrogen-bond acceptors (Lipinski definition) is 4.